The van der Waals surface area contributed by atoms with E-state index in [1.54, 1.807) is 0 Å². The zero-order valence-electron chi connectivity index (χ0n) is 11.9. The summed E-state index contributed by atoms with van der Waals surface area (Å²) in [6.07, 6.45) is 2.73. The van der Waals surface area contributed by atoms with Crippen LogP contribution in [0.2, 0.25) is 0 Å². The van der Waals surface area contributed by atoms with Crippen molar-refractivity contribution in [2.45, 2.75) is 59.8 Å². The molecular weight excluding hydrogens is 246 g/mol. The van der Waals surface area contributed by atoms with Gasteiger partial charge >= 0.3 is 0 Å². The first-order chi connectivity index (χ1) is 8.31. The van der Waals surface area contributed by atoms with Crippen molar-refractivity contribution in [3.63, 3.8) is 0 Å². The molecule has 0 spiro atoms. The number of hydrogen-bond acceptors (Lipinski definition) is 4. The van der Waals surface area contributed by atoms with Crippen molar-refractivity contribution in [3.8, 4) is 0 Å². The number of rotatable bonds is 5. The van der Waals surface area contributed by atoms with E-state index in [2.05, 4.69) is 29.4 Å². The van der Waals surface area contributed by atoms with Crippen LogP contribution in [0.4, 0.5) is 5.13 Å². The number of carbonyl (C=O) groups excluding carboxylic acids is 1. The van der Waals surface area contributed by atoms with Crippen LogP contribution < -0.4 is 5.32 Å². The molecule has 4 nitrogen and oxygen atoms in total. The predicted octanol–water partition coefficient (Wildman–Crippen LogP) is 3.82. The largest absolute Gasteiger partial charge is 0.301 e. The lowest BCUT2D eigenvalue weighted by molar-refractivity contribution is -0.117. The second-order valence-corrected chi connectivity index (χ2v) is 6.93. The summed E-state index contributed by atoms with van der Waals surface area (Å²) in [6.45, 7) is 10.4. The molecule has 0 aliphatic carbocycles. The molecule has 0 saturated heterocycles. The molecule has 0 radical (unpaired) electrons. The number of aromatic nitrogens is 2. The van der Waals surface area contributed by atoms with Gasteiger partial charge in [-0.2, -0.15) is 0 Å². The summed E-state index contributed by atoms with van der Waals surface area (Å²) < 4.78 is 0. The molecule has 1 aromatic rings. The third-order valence-corrected chi connectivity index (χ3v) is 3.59. The zero-order valence-corrected chi connectivity index (χ0v) is 12.7. The third-order valence-electron chi connectivity index (χ3n) is 2.52. The quantitative estimate of drug-likeness (QED) is 0.884. The van der Waals surface area contributed by atoms with Crippen LogP contribution in [0.25, 0.3) is 0 Å². The summed E-state index contributed by atoms with van der Waals surface area (Å²) in [5.74, 6) is 0.425. The number of nitrogens with one attached hydrogen (secondary N) is 1. The summed E-state index contributed by atoms with van der Waals surface area (Å²) in [7, 11) is 0. The summed E-state index contributed by atoms with van der Waals surface area (Å²) in [6, 6.07) is 0. The van der Waals surface area contributed by atoms with Crippen molar-refractivity contribution in [3.05, 3.63) is 5.01 Å². The number of amides is 1. The van der Waals surface area contributed by atoms with E-state index in [0.717, 1.165) is 17.8 Å². The molecule has 1 amide bonds. The van der Waals surface area contributed by atoms with E-state index in [1.807, 2.05) is 20.8 Å². The number of carbonyl (C=O) groups is 1. The Morgan fingerprint density at radius 3 is 2.61 bits per heavy atom. The van der Waals surface area contributed by atoms with E-state index < -0.39 is 0 Å². The van der Waals surface area contributed by atoms with Crippen LogP contribution in [0.15, 0.2) is 0 Å². The minimum atomic E-state index is -0.00684. The Morgan fingerprint density at radius 2 is 2.06 bits per heavy atom. The number of hydrogen-bond donors (Lipinski definition) is 1. The smallest absolute Gasteiger partial charge is 0.226 e. The van der Waals surface area contributed by atoms with Crippen molar-refractivity contribution >= 4 is 22.4 Å². The van der Waals surface area contributed by atoms with Gasteiger partial charge in [0.15, 0.2) is 0 Å². The lowest BCUT2D eigenvalue weighted by Crippen LogP contribution is -2.19. The maximum atomic E-state index is 11.8. The van der Waals surface area contributed by atoms with Gasteiger partial charge in [0, 0.05) is 12.3 Å². The highest BCUT2D eigenvalue weighted by molar-refractivity contribution is 7.15. The van der Waals surface area contributed by atoms with Gasteiger partial charge in [0.25, 0.3) is 0 Å². The Kier molecular flexibility index (Phi) is 5.26. The second kappa shape index (κ2) is 6.27. The molecule has 1 aromatic heterocycles. The van der Waals surface area contributed by atoms with Crippen LogP contribution in [0.1, 0.15) is 64.8 Å². The molecule has 0 aliphatic rings. The molecule has 5 heteroatoms. The standard InChI is InChI=1S/C13H23N3OS/c1-6-7-9(2)11-15-16-12(18-11)14-10(17)8-13(3,4)5/h9H,6-8H2,1-5H3,(H,14,16,17). The van der Waals surface area contributed by atoms with E-state index in [1.165, 1.54) is 11.3 Å². The number of nitrogens with zero attached hydrogens (tertiary/aromatic N) is 2. The van der Waals surface area contributed by atoms with Crippen molar-refractivity contribution in [2.75, 3.05) is 5.32 Å². The normalized spacial score (nSPS) is 13.4. The Hall–Kier alpha value is -0.970. The van der Waals surface area contributed by atoms with Gasteiger partial charge in [-0.15, -0.1) is 10.2 Å². The van der Waals surface area contributed by atoms with Crippen LogP contribution in [-0.2, 0) is 4.79 Å². The maximum Gasteiger partial charge on any atom is 0.226 e. The Balaban J connectivity index is 2.56. The van der Waals surface area contributed by atoms with Crippen LogP contribution >= 0.6 is 11.3 Å². The fourth-order valence-corrected chi connectivity index (χ4v) is 2.53. The topological polar surface area (TPSA) is 54.9 Å². The minimum absolute atomic E-state index is 0.00684. The van der Waals surface area contributed by atoms with Crippen molar-refractivity contribution < 1.29 is 4.79 Å². The first-order valence-electron chi connectivity index (χ1n) is 6.45. The highest BCUT2D eigenvalue weighted by atomic mass is 32.1. The van der Waals surface area contributed by atoms with Gasteiger partial charge in [-0.3, -0.25) is 4.79 Å². The van der Waals surface area contributed by atoms with Gasteiger partial charge in [0.2, 0.25) is 11.0 Å². The molecule has 102 valence electrons. The highest BCUT2D eigenvalue weighted by Gasteiger charge is 2.18. The van der Waals surface area contributed by atoms with Gasteiger partial charge in [-0.25, -0.2) is 0 Å². The van der Waals surface area contributed by atoms with Crippen LogP contribution in [-0.4, -0.2) is 16.1 Å². The first kappa shape index (κ1) is 15.1. The van der Waals surface area contributed by atoms with Crippen molar-refractivity contribution in [1.29, 1.82) is 0 Å². The van der Waals surface area contributed by atoms with E-state index in [0.29, 0.717) is 17.5 Å². The summed E-state index contributed by atoms with van der Waals surface area (Å²) in [5.41, 5.74) is -0.00684. The zero-order chi connectivity index (χ0) is 13.8. The predicted molar refractivity (Wildman–Crippen MR) is 75.9 cm³/mol. The van der Waals surface area contributed by atoms with Crippen LogP contribution in [0.5, 0.6) is 0 Å². The molecule has 1 rings (SSSR count). The van der Waals surface area contributed by atoms with E-state index >= 15 is 0 Å². The average Bonchev–Trinajstić information content (AvgIpc) is 2.63. The molecule has 1 N–H and O–H groups in total. The highest BCUT2D eigenvalue weighted by Crippen LogP contribution is 2.27. The van der Waals surface area contributed by atoms with Crippen LogP contribution in [0.3, 0.4) is 0 Å². The summed E-state index contributed by atoms with van der Waals surface area (Å²) in [5, 5.41) is 12.6. The fraction of sp³-hybridized carbons (Fsp3) is 0.769. The van der Waals surface area contributed by atoms with Crippen molar-refractivity contribution in [1.82, 2.24) is 10.2 Å². The Morgan fingerprint density at radius 1 is 1.39 bits per heavy atom. The fourth-order valence-electron chi connectivity index (χ4n) is 1.69. The third kappa shape index (κ3) is 5.12. The molecule has 1 heterocycles. The Labute approximate surface area is 113 Å². The molecular formula is C13H23N3OS. The van der Waals surface area contributed by atoms with Gasteiger partial charge in [-0.05, 0) is 11.8 Å². The van der Waals surface area contributed by atoms with Gasteiger partial charge in [0.1, 0.15) is 5.01 Å². The molecule has 0 saturated carbocycles. The molecule has 0 aliphatic heterocycles. The Bertz CT molecular complexity index is 395. The van der Waals surface area contributed by atoms with Gasteiger partial charge < -0.3 is 5.32 Å². The SMILES string of the molecule is CCCC(C)c1nnc(NC(=O)CC(C)(C)C)s1. The first-order valence-corrected chi connectivity index (χ1v) is 7.26. The summed E-state index contributed by atoms with van der Waals surface area (Å²) in [4.78, 5) is 11.8. The lowest BCUT2D eigenvalue weighted by Gasteiger charge is -2.16. The molecule has 0 aromatic carbocycles. The second-order valence-electron chi connectivity index (χ2n) is 5.92. The lowest BCUT2D eigenvalue weighted by atomic mass is 9.92. The molecule has 0 fully saturated rings. The maximum absolute atomic E-state index is 11.8. The monoisotopic (exact) mass is 269 g/mol. The molecule has 1 unspecified atom stereocenters. The van der Waals surface area contributed by atoms with Gasteiger partial charge in [0.05, 0.1) is 0 Å². The van der Waals surface area contributed by atoms with E-state index in [-0.39, 0.29) is 11.3 Å². The van der Waals surface area contributed by atoms with Gasteiger partial charge in [-0.1, -0.05) is 52.4 Å². The summed E-state index contributed by atoms with van der Waals surface area (Å²) >= 11 is 1.48. The van der Waals surface area contributed by atoms with Crippen LogP contribution in [0, 0.1) is 5.41 Å². The molecule has 1 atom stereocenters. The van der Waals surface area contributed by atoms with E-state index in [4.69, 9.17) is 0 Å². The molecule has 18 heavy (non-hydrogen) atoms. The van der Waals surface area contributed by atoms with E-state index in [9.17, 15) is 4.79 Å². The number of anilines is 1. The average molecular weight is 269 g/mol. The molecule has 0 bridgehead atoms. The van der Waals surface area contributed by atoms with Crippen molar-refractivity contribution in [2.24, 2.45) is 5.41 Å². The minimum Gasteiger partial charge on any atom is -0.301 e.